The molecular formula is C25H25N3O4S. The molecule has 2 aromatic carbocycles. The number of anilines is 1. The zero-order valence-corrected chi connectivity index (χ0v) is 19.5. The number of rotatable bonds is 5. The van der Waals surface area contributed by atoms with Crippen molar-refractivity contribution in [1.29, 1.82) is 0 Å². The molecule has 4 aromatic rings. The fraction of sp³-hybridized carbons (Fsp3) is 0.320. The van der Waals surface area contributed by atoms with Crippen LogP contribution in [0.25, 0.3) is 21.2 Å². The topological polar surface area (TPSA) is 75.9 Å². The molecule has 0 atom stereocenters. The number of benzene rings is 2. The van der Waals surface area contributed by atoms with Crippen LogP contribution in [0.5, 0.6) is 5.75 Å². The van der Waals surface area contributed by atoms with E-state index in [2.05, 4.69) is 30.0 Å². The first-order valence-corrected chi connectivity index (χ1v) is 11.9. The molecule has 0 unspecified atom stereocenters. The van der Waals surface area contributed by atoms with Gasteiger partial charge in [0.1, 0.15) is 11.3 Å². The second kappa shape index (κ2) is 8.86. The molecule has 0 saturated carbocycles. The minimum absolute atomic E-state index is 0.0531. The van der Waals surface area contributed by atoms with E-state index >= 15 is 0 Å². The summed E-state index contributed by atoms with van der Waals surface area (Å²) in [5.74, 6) is 0.446. The number of ether oxygens (including phenoxy) is 1. The summed E-state index contributed by atoms with van der Waals surface area (Å²) in [6.45, 7) is 6.71. The minimum Gasteiger partial charge on any atom is -0.484 e. The highest BCUT2D eigenvalue weighted by Crippen LogP contribution is 2.30. The number of carbonyl (C=O) groups is 1. The summed E-state index contributed by atoms with van der Waals surface area (Å²) in [6, 6.07) is 13.2. The van der Waals surface area contributed by atoms with Gasteiger partial charge in [0.25, 0.3) is 5.91 Å². The monoisotopic (exact) mass is 463 g/mol. The second-order valence-electron chi connectivity index (χ2n) is 8.21. The van der Waals surface area contributed by atoms with E-state index in [1.807, 2.05) is 17.9 Å². The van der Waals surface area contributed by atoms with Crippen molar-refractivity contribution < 1.29 is 13.9 Å². The number of hydrogen-bond acceptors (Lipinski definition) is 7. The highest BCUT2D eigenvalue weighted by Gasteiger charge is 2.23. The third-order valence-corrected chi connectivity index (χ3v) is 7.12. The van der Waals surface area contributed by atoms with E-state index in [4.69, 9.17) is 14.1 Å². The van der Waals surface area contributed by atoms with Gasteiger partial charge in [-0.2, -0.15) is 0 Å². The summed E-state index contributed by atoms with van der Waals surface area (Å²) < 4.78 is 12.2. The fourth-order valence-corrected chi connectivity index (χ4v) is 5.17. The largest absolute Gasteiger partial charge is 0.484 e. The van der Waals surface area contributed by atoms with Crippen LogP contribution >= 0.6 is 11.3 Å². The van der Waals surface area contributed by atoms with Crippen LogP contribution in [0.4, 0.5) is 5.13 Å². The standard InChI is InChI=1S/C25H25N3O4S/c1-3-17-4-7-20-22(13-17)33-25(26-20)28-10-8-27(9-11-28)23(29)15-31-18-5-6-19-16(2)12-24(30)32-21(19)14-18/h4-7,12-14H,3,8-11,15H2,1-2H3. The zero-order valence-electron chi connectivity index (χ0n) is 18.7. The quantitative estimate of drug-likeness (QED) is 0.417. The lowest BCUT2D eigenvalue weighted by molar-refractivity contribution is -0.133. The Morgan fingerprint density at radius 1 is 1.12 bits per heavy atom. The molecule has 1 aliphatic heterocycles. The van der Waals surface area contributed by atoms with E-state index in [9.17, 15) is 9.59 Å². The number of nitrogens with zero attached hydrogens (tertiary/aromatic N) is 3. The molecule has 7 nitrogen and oxygen atoms in total. The van der Waals surface area contributed by atoms with Crippen molar-refractivity contribution >= 4 is 43.6 Å². The number of aryl methyl sites for hydroxylation is 2. The Kier molecular flexibility index (Phi) is 5.76. The molecule has 3 heterocycles. The van der Waals surface area contributed by atoms with Crippen LogP contribution < -0.4 is 15.3 Å². The third kappa shape index (κ3) is 4.43. The lowest BCUT2D eigenvalue weighted by Gasteiger charge is -2.34. The van der Waals surface area contributed by atoms with Crippen LogP contribution in [0.3, 0.4) is 0 Å². The molecule has 0 N–H and O–H groups in total. The van der Waals surface area contributed by atoms with Gasteiger partial charge in [-0.3, -0.25) is 4.79 Å². The molecule has 33 heavy (non-hydrogen) atoms. The molecule has 2 aromatic heterocycles. The molecule has 8 heteroatoms. The number of aromatic nitrogens is 1. The maximum atomic E-state index is 12.7. The highest BCUT2D eigenvalue weighted by atomic mass is 32.1. The van der Waals surface area contributed by atoms with Gasteiger partial charge in [-0.15, -0.1) is 0 Å². The second-order valence-corrected chi connectivity index (χ2v) is 9.22. The highest BCUT2D eigenvalue weighted by molar-refractivity contribution is 7.22. The number of carbonyl (C=O) groups excluding carboxylic acids is 1. The van der Waals surface area contributed by atoms with Crippen LogP contribution in [0.1, 0.15) is 18.1 Å². The van der Waals surface area contributed by atoms with Gasteiger partial charge in [-0.05, 0) is 48.7 Å². The van der Waals surface area contributed by atoms with Gasteiger partial charge in [-0.1, -0.05) is 24.3 Å². The third-order valence-electron chi connectivity index (χ3n) is 6.04. The molecule has 5 rings (SSSR count). The van der Waals surface area contributed by atoms with Crippen molar-refractivity contribution in [2.24, 2.45) is 0 Å². The van der Waals surface area contributed by atoms with Crippen molar-refractivity contribution in [3.8, 4) is 5.75 Å². The van der Waals surface area contributed by atoms with Gasteiger partial charge in [0.2, 0.25) is 0 Å². The predicted molar refractivity (Wildman–Crippen MR) is 131 cm³/mol. The Morgan fingerprint density at radius 2 is 1.94 bits per heavy atom. The normalized spacial score (nSPS) is 14.2. The number of hydrogen-bond donors (Lipinski definition) is 0. The van der Waals surface area contributed by atoms with Gasteiger partial charge in [0.15, 0.2) is 11.7 Å². The lowest BCUT2D eigenvalue weighted by atomic mass is 10.1. The van der Waals surface area contributed by atoms with Gasteiger partial charge >= 0.3 is 5.63 Å². The Morgan fingerprint density at radius 3 is 2.73 bits per heavy atom. The molecule has 0 aliphatic carbocycles. The zero-order chi connectivity index (χ0) is 22.9. The van der Waals surface area contributed by atoms with E-state index in [-0.39, 0.29) is 12.5 Å². The first kappa shape index (κ1) is 21.5. The Hall–Kier alpha value is -3.39. The molecule has 1 saturated heterocycles. The first-order valence-electron chi connectivity index (χ1n) is 11.1. The number of fused-ring (bicyclic) bond motifs is 2. The Balaban J connectivity index is 1.19. The van der Waals surface area contributed by atoms with Crippen LogP contribution in [-0.4, -0.2) is 48.6 Å². The van der Waals surface area contributed by atoms with Crippen LogP contribution in [0.2, 0.25) is 0 Å². The maximum Gasteiger partial charge on any atom is 0.336 e. The molecule has 0 radical (unpaired) electrons. The fourth-order valence-electron chi connectivity index (χ4n) is 4.09. The molecule has 1 aliphatic rings. The van der Waals surface area contributed by atoms with Crippen LogP contribution in [0, 0.1) is 6.92 Å². The molecular weight excluding hydrogens is 438 g/mol. The summed E-state index contributed by atoms with van der Waals surface area (Å²) in [5, 5.41) is 1.86. The van der Waals surface area contributed by atoms with E-state index in [0.29, 0.717) is 24.4 Å². The molecule has 1 amide bonds. The maximum absolute atomic E-state index is 12.7. The van der Waals surface area contributed by atoms with E-state index in [1.165, 1.54) is 16.3 Å². The SMILES string of the molecule is CCc1ccc2nc(N3CCN(C(=O)COc4ccc5c(C)cc(=O)oc5c4)CC3)sc2c1. The van der Waals surface area contributed by atoms with E-state index in [0.717, 1.165) is 41.1 Å². The lowest BCUT2D eigenvalue weighted by Crippen LogP contribution is -2.50. The number of amides is 1. The summed E-state index contributed by atoms with van der Waals surface area (Å²) in [7, 11) is 0. The van der Waals surface area contributed by atoms with Gasteiger partial charge in [0, 0.05) is 43.7 Å². The van der Waals surface area contributed by atoms with Crippen molar-refractivity contribution in [1.82, 2.24) is 9.88 Å². The molecule has 0 spiro atoms. The van der Waals surface area contributed by atoms with Crippen molar-refractivity contribution in [3.05, 3.63) is 64.0 Å². The Bertz CT molecular complexity index is 1390. The summed E-state index contributed by atoms with van der Waals surface area (Å²) in [5.41, 5.74) is 3.25. The van der Waals surface area contributed by atoms with Crippen molar-refractivity contribution in [3.63, 3.8) is 0 Å². The van der Waals surface area contributed by atoms with Crippen LogP contribution in [-0.2, 0) is 11.2 Å². The first-order chi connectivity index (χ1) is 16.0. The van der Waals surface area contributed by atoms with Crippen LogP contribution in [0.15, 0.2) is 51.7 Å². The molecule has 170 valence electrons. The van der Waals surface area contributed by atoms with E-state index < -0.39 is 5.63 Å². The van der Waals surface area contributed by atoms with Gasteiger partial charge in [0.05, 0.1) is 10.2 Å². The molecule has 0 bridgehead atoms. The van der Waals surface area contributed by atoms with Gasteiger partial charge < -0.3 is 19.0 Å². The summed E-state index contributed by atoms with van der Waals surface area (Å²) in [4.78, 5) is 33.2. The average Bonchev–Trinajstić information content (AvgIpc) is 3.25. The average molecular weight is 464 g/mol. The smallest absolute Gasteiger partial charge is 0.336 e. The summed E-state index contributed by atoms with van der Waals surface area (Å²) in [6.07, 6.45) is 1.01. The van der Waals surface area contributed by atoms with Crippen molar-refractivity contribution in [2.45, 2.75) is 20.3 Å². The molecule has 1 fully saturated rings. The predicted octanol–water partition coefficient (Wildman–Crippen LogP) is 4.00. The summed E-state index contributed by atoms with van der Waals surface area (Å²) >= 11 is 1.71. The number of thiazole rings is 1. The van der Waals surface area contributed by atoms with Gasteiger partial charge in [-0.25, -0.2) is 9.78 Å². The minimum atomic E-state index is -0.398. The van der Waals surface area contributed by atoms with Crippen molar-refractivity contribution in [2.75, 3.05) is 37.7 Å². The number of piperazine rings is 1. The van der Waals surface area contributed by atoms with E-state index in [1.54, 1.807) is 23.5 Å². The Labute approximate surface area is 195 Å².